The van der Waals surface area contributed by atoms with Gasteiger partial charge in [-0.25, -0.2) is 14.4 Å². The molecule has 0 N–H and O–H groups in total. The van der Waals surface area contributed by atoms with Crippen molar-refractivity contribution in [2.75, 3.05) is 41.5 Å². The molecule has 0 heterocycles. The molecule has 0 aliphatic rings. The fourth-order valence-electron chi connectivity index (χ4n) is 0.637. The van der Waals surface area contributed by atoms with Crippen molar-refractivity contribution >= 4 is 30.3 Å². The van der Waals surface area contributed by atoms with Crippen LogP contribution in [-0.2, 0) is 28.6 Å². The largest absolute Gasteiger partial charge is 0.466 e. The molecular formula is C19H36ClNO6. The Balaban J connectivity index is -0.0000000806. The Labute approximate surface area is 170 Å². The molecule has 0 radical (unpaired) electrons. The molecule has 0 rings (SSSR count). The Morgan fingerprint density at radius 2 is 1.33 bits per heavy atom. The first-order chi connectivity index (χ1) is 12.0. The summed E-state index contributed by atoms with van der Waals surface area (Å²) < 4.78 is 13.3. The Bertz CT molecular complexity index is 418. The lowest BCUT2D eigenvalue weighted by Crippen LogP contribution is -1.99. The van der Waals surface area contributed by atoms with Crippen LogP contribution in [0.25, 0.3) is 0 Å². The third kappa shape index (κ3) is 51.6. The van der Waals surface area contributed by atoms with E-state index in [-0.39, 0.29) is 30.3 Å². The molecule has 0 bridgehead atoms. The van der Waals surface area contributed by atoms with Crippen LogP contribution in [0.5, 0.6) is 0 Å². The van der Waals surface area contributed by atoms with Crippen molar-refractivity contribution in [2.45, 2.75) is 27.2 Å². The lowest BCUT2D eigenvalue weighted by atomic mass is 10.4. The van der Waals surface area contributed by atoms with Crippen molar-refractivity contribution in [1.29, 1.82) is 0 Å². The smallest absolute Gasteiger partial charge is 0.332 e. The minimum Gasteiger partial charge on any atom is -0.466 e. The fraction of sp³-hybridized carbons (Fsp3) is 0.526. The number of hydrogen-bond acceptors (Lipinski definition) is 7. The number of ether oxygens (including phenoxy) is 3. The zero-order chi connectivity index (χ0) is 21.5. The summed E-state index contributed by atoms with van der Waals surface area (Å²) in [5.41, 5.74) is 0.433. The van der Waals surface area contributed by atoms with E-state index in [4.69, 9.17) is 0 Å². The molecule has 7 nitrogen and oxygen atoms in total. The van der Waals surface area contributed by atoms with Crippen LogP contribution >= 0.6 is 12.4 Å². The van der Waals surface area contributed by atoms with Crippen molar-refractivity contribution in [3.63, 3.8) is 0 Å². The second kappa shape index (κ2) is 28.7. The number of esters is 3. The van der Waals surface area contributed by atoms with Gasteiger partial charge in [-0.1, -0.05) is 26.7 Å². The molecule has 0 fully saturated rings. The molecule has 0 aromatic heterocycles. The van der Waals surface area contributed by atoms with Crippen LogP contribution in [-0.4, -0.2) is 64.3 Å². The van der Waals surface area contributed by atoms with Crippen LogP contribution in [0.1, 0.15) is 27.2 Å². The molecule has 0 spiro atoms. The predicted octanol–water partition coefficient (Wildman–Crippen LogP) is 3.20. The second-order valence-electron chi connectivity index (χ2n) is 4.94. The number of nitrogens with zero attached hydrogens (tertiary/aromatic N) is 1. The molecule has 160 valence electrons. The van der Waals surface area contributed by atoms with Gasteiger partial charge >= 0.3 is 17.9 Å². The maximum atomic E-state index is 10.2. The van der Waals surface area contributed by atoms with E-state index < -0.39 is 0 Å². The quantitative estimate of drug-likeness (QED) is 0.378. The van der Waals surface area contributed by atoms with Gasteiger partial charge in [-0.3, -0.25) is 0 Å². The predicted molar refractivity (Wildman–Crippen MR) is 112 cm³/mol. The van der Waals surface area contributed by atoms with Gasteiger partial charge in [0.15, 0.2) is 0 Å². The Morgan fingerprint density at radius 3 is 1.48 bits per heavy atom. The number of rotatable bonds is 6. The highest BCUT2D eigenvalue weighted by Crippen LogP contribution is 1.87. The van der Waals surface area contributed by atoms with Crippen LogP contribution in [0, 0.1) is 0 Å². The summed E-state index contributed by atoms with van der Waals surface area (Å²) in [6, 6.07) is 0. The first-order valence-electron chi connectivity index (χ1n) is 7.96. The van der Waals surface area contributed by atoms with E-state index in [1.807, 2.05) is 33.0 Å². The molecule has 0 aromatic carbocycles. The maximum Gasteiger partial charge on any atom is 0.332 e. The van der Waals surface area contributed by atoms with Gasteiger partial charge in [0.2, 0.25) is 0 Å². The van der Waals surface area contributed by atoms with Crippen molar-refractivity contribution in [2.24, 2.45) is 0 Å². The molecule has 0 aliphatic carbocycles. The Hall–Kier alpha value is -2.12. The van der Waals surface area contributed by atoms with E-state index >= 15 is 0 Å². The van der Waals surface area contributed by atoms with Crippen molar-refractivity contribution in [3.8, 4) is 0 Å². The number of hydrogen-bond donors (Lipinski definition) is 0. The van der Waals surface area contributed by atoms with E-state index in [1.165, 1.54) is 7.11 Å². The molecule has 0 amide bonds. The fourth-order valence-corrected chi connectivity index (χ4v) is 0.637. The highest BCUT2D eigenvalue weighted by atomic mass is 35.5. The minimum atomic E-state index is -0.359. The number of carbonyl (C=O) groups excluding carboxylic acids is 3. The molecular weight excluding hydrogens is 374 g/mol. The van der Waals surface area contributed by atoms with Gasteiger partial charge in [0, 0.05) is 17.7 Å². The lowest BCUT2D eigenvalue weighted by molar-refractivity contribution is -0.138. The van der Waals surface area contributed by atoms with Gasteiger partial charge in [0.05, 0.1) is 20.3 Å². The van der Waals surface area contributed by atoms with Crippen molar-refractivity contribution in [3.05, 3.63) is 37.5 Å². The molecule has 0 unspecified atom stereocenters. The standard InChI is InChI=1S/C6H10O2.2C5H8O2.C3H9N.ClH/c1-3-5-8-6(7)4-2;1-4(2)5(6)7-3;1-3-5(6)7-4-2;1-4(2)3;/h4H,2-3,5H2,1H3;1H2,2-3H3;3H,1,4H2,2H3;1-3H3;1H. The summed E-state index contributed by atoms with van der Waals surface area (Å²) in [4.78, 5) is 32.5. The first kappa shape index (κ1) is 35.9. The van der Waals surface area contributed by atoms with Gasteiger partial charge in [-0.05, 0) is 41.4 Å². The van der Waals surface area contributed by atoms with Crippen LogP contribution in [0.4, 0.5) is 0 Å². The maximum absolute atomic E-state index is 10.2. The average molecular weight is 410 g/mol. The highest BCUT2D eigenvalue weighted by Gasteiger charge is 1.95. The lowest BCUT2D eigenvalue weighted by Gasteiger charge is -1.94. The minimum absolute atomic E-state index is 0. The summed E-state index contributed by atoms with van der Waals surface area (Å²) in [6.45, 7) is 16.0. The Kier molecular flexibility index (Phi) is 38.1. The summed E-state index contributed by atoms with van der Waals surface area (Å²) in [6.07, 6.45) is 3.17. The van der Waals surface area contributed by atoms with E-state index in [0.717, 1.165) is 18.6 Å². The molecule has 0 atom stereocenters. The van der Waals surface area contributed by atoms with Crippen LogP contribution in [0.2, 0.25) is 0 Å². The van der Waals surface area contributed by atoms with Gasteiger partial charge in [0.1, 0.15) is 0 Å². The van der Waals surface area contributed by atoms with Gasteiger partial charge in [-0.15, -0.1) is 12.4 Å². The summed E-state index contributed by atoms with van der Waals surface area (Å²) in [5, 5.41) is 0. The van der Waals surface area contributed by atoms with E-state index in [1.54, 1.807) is 13.8 Å². The molecule has 0 saturated carbocycles. The SMILES string of the molecule is C=C(C)C(=O)OC.C=CC(=O)OCC.C=CC(=O)OCCC.CN(C)C.Cl. The molecule has 27 heavy (non-hydrogen) atoms. The normalized spacial score (nSPS) is 7.70. The van der Waals surface area contributed by atoms with Gasteiger partial charge < -0.3 is 19.1 Å². The van der Waals surface area contributed by atoms with Crippen molar-refractivity contribution in [1.82, 2.24) is 4.90 Å². The zero-order valence-electron chi connectivity index (χ0n) is 17.7. The third-order valence-corrected chi connectivity index (χ3v) is 1.60. The average Bonchev–Trinajstić information content (AvgIpc) is 2.59. The summed E-state index contributed by atoms with van der Waals surface area (Å²) in [7, 11) is 7.33. The highest BCUT2D eigenvalue weighted by molar-refractivity contribution is 5.86. The number of methoxy groups -OCH3 is 1. The summed E-state index contributed by atoms with van der Waals surface area (Å²) in [5.74, 6) is -1.05. The van der Waals surface area contributed by atoms with Crippen LogP contribution < -0.4 is 0 Å². The monoisotopic (exact) mass is 409 g/mol. The number of carbonyl (C=O) groups is 3. The second-order valence-corrected chi connectivity index (χ2v) is 4.94. The van der Waals surface area contributed by atoms with Crippen molar-refractivity contribution < 1.29 is 28.6 Å². The molecule has 0 aromatic rings. The topological polar surface area (TPSA) is 82.1 Å². The van der Waals surface area contributed by atoms with Gasteiger partial charge in [0.25, 0.3) is 0 Å². The summed E-state index contributed by atoms with van der Waals surface area (Å²) >= 11 is 0. The first-order valence-corrected chi connectivity index (χ1v) is 7.96. The molecule has 8 heteroatoms. The number of halogens is 1. The molecule has 0 saturated heterocycles. The van der Waals surface area contributed by atoms with Gasteiger partial charge in [-0.2, -0.15) is 0 Å². The zero-order valence-corrected chi connectivity index (χ0v) is 18.5. The van der Waals surface area contributed by atoms with E-state index in [0.29, 0.717) is 18.8 Å². The third-order valence-electron chi connectivity index (χ3n) is 1.60. The molecule has 0 aliphatic heterocycles. The van der Waals surface area contributed by atoms with E-state index in [2.05, 4.69) is 33.9 Å². The Morgan fingerprint density at radius 1 is 0.963 bits per heavy atom. The van der Waals surface area contributed by atoms with Crippen LogP contribution in [0.3, 0.4) is 0 Å². The van der Waals surface area contributed by atoms with Crippen LogP contribution in [0.15, 0.2) is 37.5 Å². The van der Waals surface area contributed by atoms with E-state index in [9.17, 15) is 14.4 Å².